The number of hydrogen-bond acceptors (Lipinski definition) is 2. The van der Waals surface area contributed by atoms with Crippen molar-refractivity contribution in [3.8, 4) is 5.69 Å². The number of halogens is 1. The Morgan fingerprint density at radius 2 is 2.17 bits per heavy atom. The maximum Gasteiger partial charge on any atom is 0.307 e. The molecule has 0 unspecified atom stereocenters. The van der Waals surface area contributed by atoms with Crippen LogP contribution in [0.25, 0.3) is 5.69 Å². The van der Waals surface area contributed by atoms with Crippen LogP contribution in [0.4, 0.5) is 0 Å². The van der Waals surface area contributed by atoms with Gasteiger partial charge in [-0.05, 0) is 31.5 Å². The molecule has 0 saturated heterocycles. The number of carboxylic acids is 1. The molecule has 0 aliphatic rings. The molecular formula is C13H13ClN2O2. The second kappa shape index (κ2) is 4.82. The first-order chi connectivity index (χ1) is 8.47. The second-order valence-electron chi connectivity index (χ2n) is 4.19. The maximum atomic E-state index is 10.7. The fourth-order valence-corrected chi connectivity index (χ4v) is 1.95. The van der Waals surface area contributed by atoms with Gasteiger partial charge in [0.25, 0.3) is 0 Å². The molecule has 1 heterocycles. The van der Waals surface area contributed by atoms with Gasteiger partial charge in [0.05, 0.1) is 17.8 Å². The minimum absolute atomic E-state index is 0.0224. The van der Waals surface area contributed by atoms with Crippen molar-refractivity contribution in [2.75, 3.05) is 0 Å². The van der Waals surface area contributed by atoms with E-state index < -0.39 is 5.97 Å². The second-order valence-corrected chi connectivity index (χ2v) is 4.62. The van der Waals surface area contributed by atoms with Crippen molar-refractivity contribution in [2.24, 2.45) is 0 Å². The zero-order valence-electron chi connectivity index (χ0n) is 10.1. The molecule has 2 rings (SSSR count). The third kappa shape index (κ3) is 2.54. The summed E-state index contributed by atoms with van der Waals surface area (Å²) in [4.78, 5) is 10.7. The molecule has 0 radical (unpaired) electrons. The van der Waals surface area contributed by atoms with E-state index >= 15 is 0 Å². The van der Waals surface area contributed by atoms with Crippen molar-refractivity contribution < 1.29 is 9.90 Å². The Morgan fingerprint density at radius 1 is 1.44 bits per heavy atom. The molecule has 0 amide bonds. The summed E-state index contributed by atoms with van der Waals surface area (Å²) < 4.78 is 1.68. The molecular weight excluding hydrogens is 252 g/mol. The van der Waals surface area contributed by atoms with Crippen molar-refractivity contribution in [1.82, 2.24) is 9.78 Å². The lowest BCUT2D eigenvalue weighted by atomic mass is 10.2. The molecule has 1 aromatic heterocycles. The van der Waals surface area contributed by atoms with E-state index in [1.807, 2.05) is 25.1 Å². The monoisotopic (exact) mass is 264 g/mol. The summed E-state index contributed by atoms with van der Waals surface area (Å²) in [6.07, 6.45) is 1.72. The minimum atomic E-state index is -0.861. The average Bonchev–Trinajstić information content (AvgIpc) is 2.63. The Kier molecular flexibility index (Phi) is 3.39. The van der Waals surface area contributed by atoms with Gasteiger partial charge in [-0.15, -0.1) is 0 Å². The molecule has 4 nitrogen and oxygen atoms in total. The van der Waals surface area contributed by atoms with Gasteiger partial charge in [0.1, 0.15) is 0 Å². The third-order valence-corrected chi connectivity index (χ3v) is 3.00. The fourth-order valence-electron chi connectivity index (χ4n) is 1.78. The largest absolute Gasteiger partial charge is 0.481 e. The van der Waals surface area contributed by atoms with E-state index in [0.29, 0.717) is 10.6 Å². The van der Waals surface area contributed by atoms with Crippen LogP contribution in [0.1, 0.15) is 16.8 Å². The van der Waals surface area contributed by atoms with Crippen LogP contribution in [0.2, 0.25) is 5.02 Å². The van der Waals surface area contributed by atoms with Crippen molar-refractivity contribution in [2.45, 2.75) is 20.3 Å². The summed E-state index contributed by atoms with van der Waals surface area (Å²) in [6, 6.07) is 5.54. The van der Waals surface area contributed by atoms with Gasteiger partial charge < -0.3 is 5.11 Å². The molecule has 0 atom stereocenters. The predicted molar refractivity (Wildman–Crippen MR) is 69.4 cm³/mol. The zero-order valence-corrected chi connectivity index (χ0v) is 10.9. The molecule has 1 N–H and O–H groups in total. The van der Waals surface area contributed by atoms with E-state index in [0.717, 1.165) is 16.9 Å². The Labute approximate surface area is 110 Å². The molecule has 94 valence electrons. The summed E-state index contributed by atoms with van der Waals surface area (Å²) in [7, 11) is 0. The number of nitrogens with zero attached hydrogens (tertiary/aromatic N) is 2. The number of rotatable bonds is 3. The van der Waals surface area contributed by atoms with Crippen LogP contribution in [-0.2, 0) is 11.2 Å². The number of carboxylic acid groups (broad SMARTS) is 1. The highest BCUT2D eigenvalue weighted by Crippen LogP contribution is 2.20. The summed E-state index contributed by atoms with van der Waals surface area (Å²) in [5.74, 6) is -0.861. The van der Waals surface area contributed by atoms with E-state index in [9.17, 15) is 4.79 Å². The van der Waals surface area contributed by atoms with Crippen LogP contribution in [-0.4, -0.2) is 20.9 Å². The molecule has 1 aromatic carbocycles. The van der Waals surface area contributed by atoms with Crippen molar-refractivity contribution >= 4 is 17.6 Å². The highest BCUT2D eigenvalue weighted by Gasteiger charge is 2.11. The molecule has 0 aliphatic heterocycles. The fraction of sp³-hybridized carbons (Fsp3) is 0.231. The van der Waals surface area contributed by atoms with E-state index in [4.69, 9.17) is 16.7 Å². The first kappa shape index (κ1) is 12.6. The lowest BCUT2D eigenvalue weighted by molar-refractivity contribution is -0.136. The van der Waals surface area contributed by atoms with Crippen LogP contribution in [0.3, 0.4) is 0 Å². The van der Waals surface area contributed by atoms with E-state index in [1.165, 1.54) is 0 Å². The zero-order chi connectivity index (χ0) is 13.3. The van der Waals surface area contributed by atoms with Crippen molar-refractivity contribution in [3.63, 3.8) is 0 Å². The highest BCUT2D eigenvalue weighted by atomic mass is 35.5. The molecule has 18 heavy (non-hydrogen) atoms. The smallest absolute Gasteiger partial charge is 0.307 e. The van der Waals surface area contributed by atoms with Crippen molar-refractivity contribution in [1.29, 1.82) is 0 Å². The highest BCUT2D eigenvalue weighted by molar-refractivity contribution is 6.30. The summed E-state index contributed by atoms with van der Waals surface area (Å²) in [5.41, 5.74) is 3.32. The number of aromatic nitrogens is 2. The van der Waals surface area contributed by atoms with Gasteiger partial charge in [-0.3, -0.25) is 4.79 Å². The summed E-state index contributed by atoms with van der Waals surface area (Å²) in [5, 5.41) is 13.8. The van der Waals surface area contributed by atoms with Gasteiger partial charge in [-0.1, -0.05) is 17.7 Å². The van der Waals surface area contributed by atoms with Gasteiger partial charge >= 0.3 is 5.97 Å². The Hall–Kier alpha value is -1.81. The number of hydrogen-bond donors (Lipinski definition) is 1. The molecule has 0 fully saturated rings. The average molecular weight is 265 g/mol. The first-order valence-electron chi connectivity index (χ1n) is 5.51. The lowest BCUT2D eigenvalue weighted by Gasteiger charge is -2.05. The van der Waals surface area contributed by atoms with Crippen LogP contribution in [0.15, 0.2) is 24.4 Å². The van der Waals surface area contributed by atoms with Gasteiger partial charge in [0.15, 0.2) is 0 Å². The lowest BCUT2D eigenvalue weighted by Crippen LogP contribution is -2.00. The van der Waals surface area contributed by atoms with Crippen LogP contribution >= 0.6 is 11.6 Å². The number of benzene rings is 1. The number of aliphatic carboxylic acids is 1. The topological polar surface area (TPSA) is 55.1 Å². The molecule has 0 bridgehead atoms. The van der Waals surface area contributed by atoms with Crippen LogP contribution in [0.5, 0.6) is 0 Å². The van der Waals surface area contributed by atoms with Crippen LogP contribution in [0, 0.1) is 13.8 Å². The van der Waals surface area contributed by atoms with Gasteiger partial charge in [-0.2, -0.15) is 5.10 Å². The molecule has 2 aromatic rings. The van der Waals surface area contributed by atoms with Crippen molar-refractivity contribution in [3.05, 3.63) is 46.2 Å². The quantitative estimate of drug-likeness (QED) is 0.927. The normalized spacial score (nSPS) is 10.6. The van der Waals surface area contributed by atoms with Gasteiger partial charge in [-0.25, -0.2) is 4.68 Å². The molecule has 5 heteroatoms. The van der Waals surface area contributed by atoms with E-state index in [2.05, 4.69) is 5.10 Å². The number of aryl methyl sites for hydroxylation is 2. The molecule has 0 saturated carbocycles. The predicted octanol–water partition coefficient (Wildman–Crippen LogP) is 2.77. The third-order valence-electron chi connectivity index (χ3n) is 2.76. The summed E-state index contributed by atoms with van der Waals surface area (Å²) >= 11 is 5.96. The standard InChI is InChI=1S/C13H13ClN2O2/c1-8-3-4-11(14)6-12(8)16-7-10(5-13(17)18)9(2)15-16/h3-4,6-7H,5H2,1-2H3,(H,17,18). The SMILES string of the molecule is Cc1ccc(Cl)cc1-n1cc(CC(=O)O)c(C)n1. The first-order valence-corrected chi connectivity index (χ1v) is 5.88. The Morgan fingerprint density at radius 3 is 2.83 bits per heavy atom. The summed E-state index contributed by atoms with van der Waals surface area (Å²) in [6.45, 7) is 3.76. The molecule has 0 spiro atoms. The Bertz CT molecular complexity index is 605. The van der Waals surface area contributed by atoms with Crippen LogP contribution < -0.4 is 0 Å². The maximum absolute atomic E-state index is 10.7. The van der Waals surface area contributed by atoms with E-state index in [1.54, 1.807) is 17.8 Å². The minimum Gasteiger partial charge on any atom is -0.481 e. The van der Waals surface area contributed by atoms with Gasteiger partial charge in [0.2, 0.25) is 0 Å². The van der Waals surface area contributed by atoms with E-state index in [-0.39, 0.29) is 6.42 Å². The molecule has 0 aliphatic carbocycles. The Balaban J connectivity index is 2.45. The van der Waals surface area contributed by atoms with Gasteiger partial charge in [0, 0.05) is 16.8 Å². The number of carbonyl (C=O) groups is 1.